The largest absolute Gasteiger partial charge is 0.398 e. The molecule has 5 nitrogen and oxygen atoms in total. The van der Waals surface area contributed by atoms with E-state index in [2.05, 4.69) is 4.72 Å². The smallest absolute Gasteiger partial charge is 0.242 e. The third-order valence-electron chi connectivity index (χ3n) is 2.01. The van der Waals surface area contributed by atoms with Gasteiger partial charge in [0.15, 0.2) is 0 Å². The highest BCUT2D eigenvalue weighted by molar-refractivity contribution is 7.89. The molecule has 0 aliphatic carbocycles. The third-order valence-corrected chi connectivity index (χ3v) is 3.76. The number of anilines is 1. The molecule has 7 heteroatoms. The SMILES string of the molecule is CCOCCNS(=O)(=O)c1cc(Cl)ccc1N. The third kappa shape index (κ3) is 4.16. The fourth-order valence-corrected chi connectivity index (χ4v) is 2.62. The van der Waals surface area contributed by atoms with E-state index in [4.69, 9.17) is 22.1 Å². The number of halogens is 1. The molecule has 0 saturated heterocycles. The van der Waals surface area contributed by atoms with Gasteiger partial charge in [0.2, 0.25) is 10.0 Å². The summed E-state index contributed by atoms with van der Waals surface area (Å²) in [5, 5.41) is 0.324. The molecule has 96 valence electrons. The summed E-state index contributed by atoms with van der Waals surface area (Å²) < 4.78 is 31.1. The number of hydrogen-bond donors (Lipinski definition) is 2. The van der Waals surface area contributed by atoms with Crippen LogP contribution in [0.5, 0.6) is 0 Å². The van der Waals surface area contributed by atoms with Gasteiger partial charge >= 0.3 is 0 Å². The minimum absolute atomic E-state index is 0.0125. The number of ether oxygens (including phenoxy) is 1. The van der Waals surface area contributed by atoms with Crippen LogP contribution in [0.25, 0.3) is 0 Å². The van der Waals surface area contributed by atoms with E-state index in [0.29, 0.717) is 18.2 Å². The minimum Gasteiger partial charge on any atom is -0.398 e. The van der Waals surface area contributed by atoms with E-state index in [1.807, 2.05) is 6.92 Å². The van der Waals surface area contributed by atoms with Gasteiger partial charge in [-0.3, -0.25) is 0 Å². The van der Waals surface area contributed by atoms with Crippen LogP contribution in [0.3, 0.4) is 0 Å². The molecule has 1 aromatic carbocycles. The van der Waals surface area contributed by atoms with Crippen LogP contribution in [-0.2, 0) is 14.8 Å². The summed E-state index contributed by atoms with van der Waals surface area (Å²) in [5.41, 5.74) is 5.76. The Bertz CT molecular complexity index is 476. The molecule has 0 atom stereocenters. The molecule has 0 aromatic heterocycles. The van der Waals surface area contributed by atoms with Gasteiger partial charge < -0.3 is 10.5 Å². The highest BCUT2D eigenvalue weighted by Gasteiger charge is 2.17. The Morgan fingerprint density at radius 2 is 2.18 bits per heavy atom. The normalized spacial score (nSPS) is 11.6. The number of nitrogen functional groups attached to an aromatic ring is 1. The Morgan fingerprint density at radius 3 is 2.82 bits per heavy atom. The number of sulfonamides is 1. The molecule has 0 unspecified atom stereocenters. The maximum atomic E-state index is 11.9. The van der Waals surface area contributed by atoms with Gasteiger partial charge in [0.1, 0.15) is 4.90 Å². The van der Waals surface area contributed by atoms with Gasteiger partial charge in [-0.15, -0.1) is 0 Å². The zero-order valence-electron chi connectivity index (χ0n) is 9.44. The fourth-order valence-electron chi connectivity index (χ4n) is 1.21. The molecule has 0 spiro atoms. The van der Waals surface area contributed by atoms with Crippen molar-refractivity contribution in [2.24, 2.45) is 0 Å². The predicted molar refractivity (Wildman–Crippen MR) is 67.5 cm³/mol. The lowest BCUT2D eigenvalue weighted by Crippen LogP contribution is -2.28. The van der Waals surface area contributed by atoms with E-state index in [1.165, 1.54) is 18.2 Å². The van der Waals surface area contributed by atoms with Crippen molar-refractivity contribution in [2.45, 2.75) is 11.8 Å². The van der Waals surface area contributed by atoms with Crippen molar-refractivity contribution in [3.05, 3.63) is 23.2 Å². The molecule has 3 N–H and O–H groups in total. The predicted octanol–water partition coefficient (Wildman–Crippen LogP) is 1.24. The average molecular weight is 279 g/mol. The summed E-state index contributed by atoms with van der Waals surface area (Å²) >= 11 is 5.73. The molecule has 0 heterocycles. The van der Waals surface area contributed by atoms with Crippen LogP contribution in [0.2, 0.25) is 5.02 Å². The van der Waals surface area contributed by atoms with Crippen LogP contribution in [0.1, 0.15) is 6.92 Å². The van der Waals surface area contributed by atoms with Gasteiger partial charge in [-0.2, -0.15) is 0 Å². The van der Waals surface area contributed by atoms with Gasteiger partial charge in [0, 0.05) is 18.2 Å². The van der Waals surface area contributed by atoms with Crippen molar-refractivity contribution >= 4 is 27.3 Å². The maximum Gasteiger partial charge on any atom is 0.242 e. The summed E-state index contributed by atoms with van der Waals surface area (Å²) in [6.07, 6.45) is 0. The van der Waals surface area contributed by atoms with Gasteiger partial charge in [0.25, 0.3) is 0 Å². The summed E-state index contributed by atoms with van der Waals surface area (Å²) in [7, 11) is -3.63. The quantitative estimate of drug-likeness (QED) is 0.606. The molecule has 0 amide bonds. The first kappa shape index (κ1) is 14.2. The minimum atomic E-state index is -3.63. The lowest BCUT2D eigenvalue weighted by Gasteiger charge is -2.09. The van der Waals surface area contributed by atoms with Gasteiger partial charge in [0.05, 0.1) is 12.3 Å². The lowest BCUT2D eigenvalue weighted by atomic mass is 10.3. The number of nitrogens with one attached hydrogen (secondary N) is 1. The monoisotopic (exact) mass is 278 g/mol. The van der Waals surface area contributed by atoms with Crippen LogP contribution >= 0.6 is 11.6 Å². The van der Waals surface area contributed by atoms with Crippen LogP contribution in [0, 0.1) is 0 Å². The van der Waals surface area contributed by atoms with Gasteiger partial charge in [-0.1, -0.05) is 11.6 Å². The molecule has 1 aromatic rings. The Balaban J connectivity index is 2.79. The van der Waals surface area contributed by atoms with Crippen molar-refractivity contribution in [1.82, 2.24) is 4.72 Å². The molecule has 0 fully saturated rings. The Labute approximate surface area is 106 Å². The average Bonchev–Trinajstić information content (AvgIpc) is 2.28. The summed E-state index contributed by atoms with van der Waals surface area (Å²) in [6, 6.07) is 4.31. The Hall–Kier alpha value is -0.820. The molecule has 17 heavy (non-hydrogen) atoms. The van der Waals surface area contributed by atoms with E-state index >= 15 is 0 Å². The van der Waals surface area contributed by atoms with Crippen molar-refractivity contribution in [1.29, 1.82) is 0 Å². The van der Waals surface area contributed by atoms with Crippen molar-refractivity contribution < 1.29 is 13.2 Å². The molecular weight excluding hydrogens is 264 g/mol. The molecule has 0 saturated carbocycles. The number of nitrogens with two attached hydrogens (primary N) is 1. The molecule has 0 radical (unpaired) electrons. The zero-order valence-corrected chi connectivity index (χ0v) is 11.0. The van der Waals surface area contributed by atoms with E-state index in [1.54, 1.807) is 0 Å². The van der Waals surface area contributed by atoms with E-state index < -0.39 is 10.0 Å². The van der Waals surface area contributed by atoms with Crippen molar-refractivity contribution in [2.75, 3.05) is 25.5 Å². The van der Waals surface area contributed by atoms with E-state index in [0.717, 1.165) is 0 Å². The molecular formula is C10H15ClN2O3S. The second-order valence-electron chi connectivity index (χ2n) is 3.28. The van der Waals surface area contributed by atoms with E-state index in [9.17, 15) is 8.42 Å². The Kier molecular flexibility index (Phi) is 5.20. The number of rotatable bonds is 6. The van der Waals surface area contributed by atoms with Crippen LogP contribution in [-0.4, -0.2) is 28.2 Å². The van der Waals surface area contributed by atoms with Gasteiger partial charge in [-0.05, 0) is 25.1 Å². The number of benzene rings is 1. The second kappa shape index (κ2) is 6.20. The first-order valence-corrected chi connectivity index (χ1v) is 6.96. The Morgan fingerprint density at radius 1 is 1.47 bits per heavy atom. The maximum absolute atomic E-state index is 11.9. The van der Waals surface area contributed by atoms with Crippen molar-refractivity contribution in [3.8, 4) is 0 Å². The van der Waals surface area contributed by atoms with Crippen LogP contribution in [0.15, 0.2) is 23.1 Å². The summed E-state index contributed by atoms with van der Waals surface area (Å²) in [4.78, 5) is -0.0125. The molecule has 1 rings (SSSR count). The summed E-state index contributed by atoms with van der Waals surface area (Å²) in [6.45, 7) is 2.89. The van der Waals surface area contributed by atoms with E-state index in [-0.39, 0.29) is 17.1 Å². The topological polar surface area (TPSA) is 81.4 Å². The van der Waals surface area contributed by atoms with Crippen LogP contribution < -0.4 is 10.5 Å². The standard InChI is InChI=1S/C10H15ClN2O3S/c1-2-16-6-5-13-17(14,15)10-7-8(11)3-4-9(10)12/h3-4,7,13H,2,5-6,12H2,1H3. The number of hydrogen-bond acceptors (Lipinski definition) is 4. The second-order valence-corrected chi connectivity index (χ2v) is 5.45. The molecule has 0 aliphatic rings. The molecule has 0 bridgehead atoms. The fraction of sp³-hybridized carbons (Fsp3) is 0.400. The first-order valence-electron chi connectivity index (χ1n) is 5.10. The first-order chi connectivity index (χ1) is 7.97. The molecule has 0 aliphatic heterocycles. The zero-order chi connectivity index (χ0) is 12.9. The lowest BCUT2D eigenvalue weighted by molar-refractivity contribution is 0.153. The van der Waals surface area contributed by atoms with Crippen molar-refractivity contribution in [3.63, 3.8) is 0 Å². The van der Waals surface area contributed by atoms with Gasteiger partial charge in [-0.25, -0.2) is 13.1 Å². The highest BCUT2D eigenvalue weighted by Crippen LogP contribution is 2.22. The van der Waals surface area contributed by atoms with Crippen LogP contribution in [0.4, 0.5) is 5.69 Å². The summed E-state index contributed by atoms with van der Waals surface area (Å²) in [5.74, 6) is 0. The highest BCUT2D eigenvalue weighted by atomic mass is 35.5.